The van der Waals surface area contributed by atoms with Crippen LogP contribution in [0, 0.1) is 12.8 Å². The fourth-order valence-corrected chi connectivity index (χ4v) is 2.64. The lowest BCUT2D eigenvalue weighted by Crippen LogP contribution is -2.38. The molecule has 30 heavy (non-hydrogen) atoms. The molecular weight excluding hydrogens is 493 g/mol. The van der Waals surface area contributed by atoms with E-state index < -0.39 is 0 Å². The quantitative estimate of drug-likeness (QED) is 0.269. The average Bonchev–Trinajstić information content (AvgIpc) is 3.14. The predicted molar refractivity (Wildman–Crippen MR) is 132 cm³/mol. The molecule has 2 aromatic rings. The Hall–Kier alpha value is -1.84. The Bertz CT molecular complexity index is 790. The molecule has 7 nitrogen and oxygen atoms in total. The summed E-state index contributed by atoms with van der Waals surface area (Å²) in [6, 6.07) is 6.30. The fraction of sp³-hybridized carbons (Fsp3) is 0.591. The zero-order valence-corrected chi connectivity index (χ0v) is 21.3. The van der Waals surface area contributed by atoms with Crippen LogP contribution in [0.2, 0.25) is 0 Å². The molecule has 1 aromatic carbocycles. The lowest BCUT2D eigenvalue weighted by Gasteiger charge is -2.16. The summed E-state index contributed by atoms with van der Waals surface area (Å²) in [7, 11) is 1.76. The van der Waals surface area contributed by atoms with Gasteiger partial charge >= 0.3 is 0 Å². The van der Waals surface area contributed by atoms with Crippen LogP contribution in [0.25, 0.3) is 0 Å². The molecule has 2 rings (SSSR count). The molecule has 0 saturated heterocycles. The predicted octanol–water partition coefficient (Wildman–Crippen LogP) is 4.45. The number of hydrogen-bond acceptors (Lipinski definition) is 5. The van der Waals surface area contributed by atoms with Crippen molar-refractivity contribution in [3.8, 4) is 5.75 Å². The van der Waals surface area contributed by atoms with E-state index >= 15 is 0 Å². The Kier molecular flexibility index (Phi) is 11.8. The number of benzene rings is 1. The number of nitrogens with zero attached hydrogens (tertiary/aromatic N) is 3. The molecule has 0 aliphatic heterocycles. The van der Waals surface area contributed by atoms with E-state index in [1.165, 1.54) is 5.56 Å². The van der Waals surface area contributed by atoms with E-state index in [1.54, 1.807) is 7.05 Å². The van der Waals surface area contributed by atoms with Crippen LogP contribution in [0.15, 0.2) is 27.7 Å². The molecule has 0 unspecified atom stereocenters. The van der Waals surface area contributed by atoms with E-state index in [9.17, 15) is 0 Å². The first kappa shape index (κ1) is 26.2. The molecule has 8 heteroatoms. The normalized spacial score (nSPS) is 11.5. The van der Waals surface area contributed by atoms with Gasteiger partial charge in [0, 0.05) is 38.0 Å². The molecule has 0 saturated carbocycles. The van der Waals surface area contributed by atoms with E-state index in [0.717, 1.165) is 36.1 Å². The largest absolute Gasteiger partial charge is 0.493 e. The van der Waals surface area contributed by atoms with E-state index in [0.29, 0.717) is 31.3 Å². The molecule has 0 spiro atoms. The second-order valence-electron chi connectivity index (χ2n) is 7.95. The summed E-state index contributed by atoms with van der Waals surface area (Å²) in [6.07, 6.45) is 1.69. The molecule has 0 atom stereocenters. The molecule has 2 N–H and O–H groups in total. The van der Waals surface area contributed by atoms with Crippen molar-refractivity contribution in [2.24, 2.45) is 10.9 Å². The van der Waals surface area contributed by atoms with Crippen molar-refractivity contribution in [1.82, 2.24) is 20.8 Å². The van der Waals surface area contributed by atoms with Crippen LogP contribution < -0.4 is 15.4 Å². The summed E-state index contributed by atoms with van der Waals surface area (Å²) in [5.41, 5.74) is 2.30. The lowest BCUT2D eigenvalue weighted by atomic mass is 10.1. The van der Waals surface area contributed by atoms with Gasteiger partial charge in [-0.2, -0.15) is 4.98 Å². The molecule has 1 heterocycles. The van der Waals surface area contributed by atoms with Gasteiger partial charge in [0.1, 0.15) is 5.75 Å². The maximum absolute atomic E-state index is 6.03. The van der Waals surface area contributed by atoms with Gasteiger partial charge in [-0.05, 0) is 30.9 Å². The summed E-state index contributed by atoms with van der Waals surface area (Å²) >= 11 is 0. The monoisotopic (exact) mass is 529 g/mol. The Balaban J connectivity index is 0.00000450. The van der Waals surface area contributed by atoms with Crippen LogP contribution in [-0.2, 0) is 13.0 Å². The van der Waals surface area contributed by atoms with Crippen LogP contribution in [0.3, 0.4) is 0 Å². The van der Waals surface area contributed by atoms with Gasteiger partial charge in [0.2, 0.25) is 5.89 Å². The minimum atomic E-state index is 0. The van der Waals surface area contributed by atoms with Gasteiger partial charge in [-0.1, -0.05) is 45.0 Å². The third-order valence-electron chi connectivity index (χ3n) is 4.48. The van der Waals surface area contributed by atoms with Crippen LogP contribution in [0.4, 0.5) is 0 Å². The summed E-state index contributed by atoms with van der Waals surface area (Å²) in [4.78, 5) is 8.68. The van der Waals surface area contributed by atoms with Crippen LogP contribution in [0.1, 0.15) is 62.9 Å². The molecule has 0 bridgehead atoms. The topological polar surface area (TPSA) is 84.6 Å². The highest BCUT2D eigenvalue weighted by Gasteiger charge is 2.10. The maximum atomic E-state index is 6.03. The SMILES string of the molecule is CN=C(NCCc1nc(C(C)C)no1)NCc1ccc(C)cc1OCCC(C)C.I. The molecule has 0 aliphatic rings. The third kappa shape index (κ3) is 8.89. The van der Waals surface area contributed by atoms with Crippen molar-refractivity contribution in [1.29, 1.82) is 0 Å². The number of aryl methyl sites for hydroxylation is 1. The first-order chi connectivity index (χ1) is 13.9. The Morgan fingerprint density at radius 3 is 2.60 bits per heavy atom. The van der Waals surface area contributed by atoms with Crippen molar-refractivity contribution in [2.75, 3.05) is 20.2 Å². The molecule has 168 valence electrons. The molecule has 0 radical (unpaired) electrons. The van der Waals surface area contributed by atoms with E-state index in [2.05, 4.69) is 64.7 Å². The van der Waals surface area contributed by atoms with Gasteiger partial charge in [-0.25, -0.2) is 0 Å². The third-order valence-corrected chi connectivity index (χ3v) is 4.48. The highest BCUT2D eigenvalue weighted by Crippen LogP contribution is 2.21. The number of hydrogen-bond donors (Lipinski definition) is 2. The number of halogens is 1. The van der Waals surface area contributed by atoms with E-state index in [1.807, 2.05) is 13.8 Å². The Morgan fingerprint density at radius 1 is 1.20 bits per heavy atom. The standard InChI is InChI=1S/C22H35N5O2.HI/c1-15(2)10-12-28-19-13-17(5)7-8-18(19)14-25-22(23-6)24-11-9-20-26-21(16(3)4)27-29-20;/h7-8,13,15-16H,9-12,14H2,1-6H3,(H2,23,24,25);1H. The second-order valence-corrected chi connectivity index (χ2v) is 7.95. The van der Waals surface area contributed by atoms with Crippen molar-refractivity contribution < 1.29 is 9.26 Å². The Labute approximate surface area is 197 Å². The van der Waals surface area contributed by atoms with Crippen LogP contribution in [0.5, 0.6) is 5.75 Å². The average molecular weight is 529 g/mol. The fourth-order valence-electron chi connectivity index (χ4n) is 2.64. The van der Waals surface area contributed by atoms with Gasteiger partial charge in [-0.3, -0.25) is 4.99 Å². The summed E-state index contributed by atoms with van der Waals surface area (Å²) in [5.74, 6) is 3.92. The molecule has 0 fully saturated rings. The van der Waals surface area contributed by atoms with Gasteiger partial charge in [0.25, 0.3) is 0 Å². The minimum absolute atomic E-state index is 0. The lowest BCUT2D eigenvalue weighted by molar-refractivity contribution is 0.286. The number of rotatable bonds is 10. The number of nitrogens with one attached hydrogen (secondary N) is 2. The summed E-state index contributed by atoms with van der Waals surface area (Å²) < 4.78 is 11.3. The zero-order valence-electron chi connectivity index (χ0n) is 19.0. The Morgan fingerprint density at radius 2 is 1.97 bits per heavy atom. The molecule has 0 aliphatic carbocycles. The zero-order chi connectivity index (χ0) is 21.2. The van der Waals surface area contributed by atoms with Crippen molar-refractivity contribution >= 4 is 29.9 Å². The number of aromatic nitrogens is 2. The van der Waals surface area contributed by atoms with Crippen LogP contribution in [-0.4, -0.2) is 36.3 Å². The van der Waals surface area contributed by atoms with Crippen molar-refractivity contribution in [2.45, 2.75) is 59.9 Å². The van der Waals surface area contributed by atoms with Crippen molar-refractivity contribution in [3.63, 3.8) is 0 Å². The minimum Gasteiger partial charge on any atom is -0.493 e. The number of aliphatic imine (C=N–C) groups is 1. The van der Waals surface area contributed by atoms with Gasteiger partial charge < -0.3 is 19.9 Å². The van der Waals surface area contributed by atoms with E-state index in [4.69, 9.17) is 9.26 Å². The molecule has 0 amide bonds. The highest BCUT2D eigenvalue weighted by molar-refractivity contribution is 14.0. The first-order valence-corrected chi connectivity index (χ1v) is 10.4. The van der Waals surface area contributed by atoms with E-state index in [-0.39, 0.29) is 29.9 Å². The smallest absolute Gasteiger partial charge is 0.228 e. The maximum Gasteiger partial charge on any atom is 0.228 e. The van der Waals surface area contributed by atoms with Crippen molar-refractivity contribution in [3.05, 3.63) is 41.0 Å². The first-order valence-electron chi connectivity index (χ1n) is 10.4. The molecule has 1 aromatic heterocycles. The van der Waals surface area contributed by atoms with Gasteiger partial charge in [0.15, 0.2) is 11.8 Å². The number of ether oxygens (including phenoxy) is 1. The molecular formula is C22H36IN5O2. The highest BCUT2D eigenvalue weighted by atomic mass is 127. The van der Waals surface area contributed by atoms with Crippen LogP contribution >= 0.6 is 24.0 Å². The summed E-state index contributed by atoms with van der Waals surface area (Å²) in [5, 5.41) is 10.6. The van der Waals surface area contributed by atoms with Gasteiger partial charge in [-0.15, -0.1) is 24.0 Å². The summed E-state index contributed by atoms with van der Waals surface area (Å²) in [6.45, 7) is 12.6. The van der Waals surface area contributed by atoms with Gasteiger partial charge in [0.05, 0.1) is 6.61 Å². The number of guanidine groups is 1. The second kappa shape index (κ2) is 13.5.